The van der Waals surface area contributed by atoms with Crippen molar-refractivity contribution in [3.63, 3.8) is 0 Å². The van der Waals surface area contributed by atoms with E-state index in [1.54, 1.807) is 0 Å². The minimum absolute atomic E-state index is 0.258. The van der Waals surface area contributed by atoms with Crippen LogP contribution in [0.25, 0.3) is 0 Å². The topological polar surface area (TPSA) is 54.4 Å². The van der Waals surface area contributed by atoms with Gasteiger partial charge in [-0.1, -0.05) is 97.1 Å². The third kappa shape index (κ3) is 2.40. The van der Waals surface area contributed by atoms with E-state index in [0.29, 0.717) is 12.3 Å². The summed E-state index contributed by atoms with van der Waals surface area (Å²) in [5.41, 5.74) is 8.32. The van der Waals surface area contributed by atoms with Gasteiger partial charge in [0, 0.05) is 11.8 Å². The largest absolute Gasteiger partial charge is 0.480 e. The maximum absolute atomic E-state index is 11.9. The minimum atomic E-state index is -0.808. The summed E-state index contributed by atoms with van der Waals surface area (Å²) >= 11 is 0. The van der Waals surface area contributed by atoms with E-state index in [2.05, 4.69) is 48.5 Å². The minimum Gasteiger partial charge on any atom is -0.480 e. The molecular weight excluding hydrogens is 432 g/mol. The molecule has 4 bridgehead atoms. The molecule has 0 saturated heterocycles. The average molecular weight is 457 g/mol. The van der Waals surface area contributed by atoms with Crippen LogP contribution in [-0.2, 0) is 20.4 Å². The second-order valence-corrected chi connectivity index (χ2v) is 10.2. The van der Waals surface area contributed by atoms with Crippen molar-refractivity contribution in [1.82, 2.24) is 0 Å². The van der Waals surface area contributed by atoms with Crippen molar-refractivity contribution >= 4 is 12.3 Å². The Morgan fingerprint density at radius 3 is 1.43 bits per heavy atom. The van der Waals surface area contributed by atoms with Crippen molar-refractivity contribution in [2.45, 2.75) is 35.5 Å². The van der Waals surface area contributed by atoms with Crippen LogP contribution in [0, 0.1) is 0 Å². The van der Waals surface area contributed by atoms with E-state index >= 15 is 0 Å². The second kappa shape index (κ2) is 7.02. The van der Waals surface area contributed by atoms with Crippen molar-refractivity contribution in [1.29, 1.82) is 0 Å². The van der Waals surface area contributed by atoms with Gasteiger partial charge in [0.25, 0.3) is 0 Å². The Labute approximate surface area is 204 Å². The van der Waals surface area contributed by atoms with Crippen LogP contribution < -0.4 is 0 Å². The molecule has 0 saturated carbocycles. The van der Waals surface area contributed by atoms with Crippen molar-refractivity contribution in [2.24, 2.45) is 0 Å². The molecule has 3 heteroatoms. The molecule has 0 aliphatic heterocycles. The number of rotatable bonds is 2. The summed E-state index contributed by atoms with van der Waals surface area (Å²) in [7, 11) is 0. The van der Waals surface area contributed by atoms with Gasteiger partial charge < -0.3 is 9.90 Å². The lowest BCUT2D eigenvalue weighted by molar-refractivity contribution is -0.141. The quantitative estimate of drug-likeness (QED) is 0.381. The molecule has 0 amide bonds. The van der Waals surface area contributed by atoms with Crippen LogP contribution >= 0.6 is 0 Å². The number of carbonyl (C=O) groups excluding carboxylic acids is 1. The Hall–Kier alpha value is -3.98. The lowest BCUT2D eigenvalue weighted by atomic mass is 9.75. The fourth-order valence-electron chi connectivity index (χ4n) is 7.42. The molecule has 8 rings (SSSR count). The molecule has 170 valence electrons. The van der Waals surface area contributed by atoms with Gasteiger partial charge in [-0.3, -0.25) is 4.79 Å². The summed E-state index contributed by atoms with van der Waals surface area (Å²) in [4.78, 5) is 23.6. The summed E-state index contributed by atoms with van der Waals surface area (Å²) in [5.74, 6) is -0.0384. The van der Waals surface area contributed by atoms with Crippen molar-refractivity contribution in [3.05, 3.63) is 142 Å². The van der Waals surface area contributed by atoms with Gasteiger partial charge in [0.15, 0.2) is 0 Å². The van der Waals surface area contributed by atoms with Gasteiger partial charge in [-0.15, -0.1) is 0 Å². The van der Waals surface area contributed by atoms with Crippen molar-refractivity contribution < 1.29 is 14.7 Å². The SMILES string of the molecule is O=C(O)C12CC(c3ccccc31)c1ccccc12.O=CC12CC(c3ccccc31)c1ccccc12. The summed E-state index contributed by atoms with van der Waals surface area (Å²) in [6, 6.07) is 32.7. The number of hydrogen-bond acceptors (Lipinski definition) is 2. The zero-order chi connectivity index (χ0) is 23.8. The maximum atomic E-state index is 11.9. The van der Waals surface area contributed by atoms with Crippen molar-refractivity contribution in [3.8, 4) is 0 Å². The number of aliphatic carboxylic acids is 1. The number of carboxylic acids is 1. The predicted octanol–water partition coefficient (Wildman–Crippen LogP) is 5.93. The van der Waals surface area contributed by atoms with Crippen LogP contribution in [0.15, 0.2) is 97.1 Å². The molecule has 0 radical (unpaired) electrons. The Kier molecular flexibility index (Phi) is 4.09. The maximum Gasteiger partial charge on any atom is 0.318 e. The van der Waals surface area contributed by atoms with Gasteiger partial charge in [0.1, 0.15) is 11.7 Å². The van der Waals surface area contributed by atoms with Crippen LogP contribution in [0.1, 0.15) is 69.2 Å². The number of hydrogen-bond donors (Lipinski definition) is 1. The summed E-state index contributed by atoms with van der Waals surface area (Å²) in [5, 5.41) is 9.78. The number of fused-ring (bicyclic) bond motifs is 16. The lowest BCUT2D eigenvalue weighted by Crippen LogP contribution is -2.33. The van der Waals surface area contributed by atoms with Gasteiger partial charge in [-0.25, -0.2) is 0 Å². The van der Waals surface area contributed by atoms with Crippen molar-refractivity contribution in [2.75, 3.05) is 0 Å². The van der Waals surface area contributed by atoms with Crippen LogP contribution in [0.5, 0.6) is 0 Å². The van der Waals surface area contributed by atoms with E-state index < -0.39 is 11.4 Å². The number of aldehydes is 1. The molecule has 1 N–H and O–H groups in total. The molecule has 0 fully saturated rings. The van der Waals surface area contributed by atoms with E-state index in [0.717, 1.165) is 23.8 Å². The third-order valence-electron chi connectivity index (χ3n) is 8.83. The van der Waals surface area contributed by atoms with E-state index in [4.69, 9.17) is 0 Å². The Balaban J connectivity index is 0.000000120. The Bertz CT molecular complexity index is 1440. The van der Waals surface area contributed by atoms with Crippen LogP contribution in [0.2, 0.25) is 0 Å². The number of carbonyl (C=O) groups is 2. The molecule has 0 heterocycles. The van der Waals surface area contributed by atoms with E-state index in [1.807, 2.05) is 48.5 Å². The highest BCUT2D eigenvalue weighted by Gasteiger charge is 2.57. The smallest absolute Gasteiger partial charge is 0.318 e. The number of carboxylic acid groups (broad SMARTS) is 1. The van der Waals surface area contributed by atoms with Crippen LogP contribution in [-0.4, -0.2) is 17.4 Å². The van der Waals surface area contributed by atoms with Gasteiger partial charge in [-0.05, 0) is 57.3 Å². The highest BCUT2D eigenvalue weighted by molar-refractivity contribution is 5.91. The molecule has 0 spiro atoms. The molecule has 4 aromatic carbocycles. The summed E-state index contributed by atoms with van der Waals surface area (Å²) in [6.45, 7) is 0. The molecule has 35 heavy (non-hydrogen) atoms. The standard InChI is InChI=1S/C16H12O2.C16H12O/c17-15(18)16-9-12(10-5-1-3-7-13(10)16)11-6-2-4-8-14(11)16;17-10-16-9-13(11-5-1-3-7-14(11)16)12-6-2-4-8-15(12)16/h1-8,12H,9H2,(H,17,18);1-8,10,13H,9H2. The normalized spacial score (nSPS) is 27.2. The van der Waals surface area contributed by atoms with E-state index in [9.17, 15) is 14.7 Å². The average Bonchev–Trinajstić information content (AvgIpc) is 3.64. The van der Waals surface area contributed by atoms with Gasteiger partial charge in [0.2, 0.25) is 0 Å². The first-order chi connectivity index (χ1) is 17.1. The Morgan fingerprint density at radius 2 is 1.00 bits per heavy atom. The molecule has 0 atom stereocenters. The first-order valence-electron chi connectivity index (χ1n) is 12.2. The van der Waals surface area contributed by atoms with Gasteiger partial charge in [0.05, 0.1) is 5.41 Å². The summed E-state index contributed by atoms with van der Waals surface area (Å²) in [6.07, 6.45) is 2.76. The monoisotopic (exact) mass is 456 g/mol. The molecule has 0 unspecified atom stereocenters. The molecule has 4 aliphatic rings. The van der Waals surface area contributed by atoms with Gasteiger partial charge in [-0.2, -0.15) is 0 Å². The van der Waals surface area contributed by atoms with E-state index in [-0.39, 0.29) is 11.3 Å². The second-order valence-electron chi connectivity index (χ2n) is 10.2. The molecule has 3 nitrogen and oxygen atoms in total. The zero-order valence-corrected chi connectivity index (χ0v) is 19.1. The van der Waals surface area contributed by atoms with Gasteiger partial charge >= 0.3 is 5.97 Å². The van der Waals surface area contributed by atoms with Crippen LogP contribution in [0.3, 0.4) is 0 Å². The first-order valence-corrected chi connectivity index (χ1v) is 12.2. The first kappa shape index (κ1) is 20.4. The zero-order valence-electron chi connectivity index (χ0n) is 19.1. The molecule has 4 aromatic rings. The highest BCUT2D eigenvalue weighted by Crippen LogP contribution is 2.60. The molecule has 4 aliphatic carbocycles. The van der Waals surface area contributed by atoms with E-state index in [1.165, 1.54) is 33.4 Å². The fourth-order valence-corrected chi connectivity index (χ4v) is 7.42. The van der Waals surface area contributed by atoms with Crippen LogP contribution in [0.4, 0.5) is 0 Å². The third-order valence-corrected chi connectivity index (χ3v) is 8.83. The fraction of sp³-hybridized carbons (Fsp3) is 0.188. The summed E-state index contributed by atoms with van der Waals surface area (Å²) < 4.78 is 0. The molecular formula is C32H24O3. The highest BCUT2D eigenvalue weighted by atomic mass is 16.4. The predicted molar refractivity (Wildman–Crippen MR) is 134 cm³/mol. The number of benzene rings is 4. The lowest BCUT2D eigenvalue weighted by Gasteiger charge is -2.26. The Morgan fingerprint density at radius 1 is 0.629 bits per heavy atom. The molecule has 0 aromatic heterocycles.